The van der Waals surface area contributed by atoms with Gasteiger partial charge < -0.3 is 4.74 Å². The Morgan fingerprint density at radius 2 is 2.00 bits per heavy atom. The van der Waals surface area contributed by atoms with Crippen molar-refractivity contribution >= 4 is 0 Å². The monoisotopic (exact) mass is 214 g/mol. The van der Waals surface area contributed by atoms with Gasteiger partial charge >= 0.3 is 0 Å². The second-order valence-corrected chi connectivity index (χ2v) is 4.11. The molecule has 1 nitrogen and oxygen atoms in total. The van der Waals surface area contributed by atoms with Gasteiger partial charge in [-0.2, -0.15) is 0 Å². The van der Waals surface area contributed by atoms with E-state index >= 15 is 0 Å². The molecule has 1 aliphatic heterocycles. The molecular formula is C15H18O. The summed E-state index contributed by atoms with van der Waals surface area (Å²) in [5.74, 6) is 1.09. The first-order chi connectivity index (χ1) is 7.88. The topological polar surface area (TPSA) is 9.23 Å². The molecule has 1 aliphatic rings. The first kappa shape index (κ1) is 11.0. The molecule has 0 saturated heterocycles. The van der Waals surface area contributed by atoms with Crippen molar-refractivity contribution in [1.82, 2.24) is 0 Å². The lowest BCUT2D eigenvalue weighted by Crippen LogP contribution is -2.03. The summed E-state index contributed by atoms with van der Waals surface area (Å²) in [7, 11) is 0. The minimum Gasteiger partial charge on any atom is -0.494 e. The van der Waals surface area contributed by atoms with Crippen molar-refractivity contribution in [3.63, 3.8) is 0 Å². The largest absolute Gasteiger partial charge is 0.494 e. The molecule has 1 heterocycles. The third kappa shape index (κ3) is 2.99. The van der Waals surface area contributed by atoms with Crippen LogP contribution in [0.15, 0.2) is 53.8 Å². The molecule has 0 amide bonds. The molecule has 0 fully saturated rings. The summed E-state index contributed by atoms with van der Waals surface area (Å²) < 4.78 is 5.64. The second kappa shape index (κ2) is 5.55. The van der Waals surface area contributed by atoms with E-state index < -0.39 is 0 Å². The number of ether oxygens (including phenoxy) is 1. The predicted molar refractivity (Wildman–Crippen MR) is 67.2 cm³/mol. The molecule has 0 saturated carbocycles. The van der Waals surface area contributed by atoms with Crippen molar-refractivity contribution in [3.05, 3.63) is 59.4 Å². The maximum Gasteiger partial charge on any atom is 0.106 e. The van der Waals surface area contributed by atoms with Crippen LogP contribution in [0.2, 0.25) is 0 Å². The van der Waals surface area contributed by atoms with Gasteiger partial charge in [-0.05, 0) is 29.7 Å². The smallest absolute Gasteiger partial charge is 0.106 e. The first-order valence-electron chi connectivity index (χ1n) is 5.95. The van der Waals surface area contributed by atoms with E-state index in [0.717, 1.165) is 25.2 Å². The number of benzene rings is 1. The Hall–Kier alpha value is -1.50. The Morgan fingerprint density at radius 1 is 1.19 bits per heavy atom. The highest BCUT2D eigenvalue weighted by Gasteiger charge is 2.06. The van der Waals surface area contributed by atoms with Crippen molar-refractivity contribution < 1.29 is 4.74 Å². The van der Waals surface area contributed by atoms with Crippen LogP contribution in [0.5, 0.6) is 0 Å². The predicted octanol–water partition coefficient (Wildman–Crippen LogP) is 3.87. The Balaban J connectivity index is 2.03. The zero-order valence-corrected chi connectivity index (χ0v) is 9.78. The standard InChI is InChI=1S/C15H18O/c1-2-6-13-9-10-16-15(11-13)12-14-7-4-3-5-8-14/h3-5,7-9,11H,2,6,10,12H2,1H3. The van der Waals surface area contributed by atoms with Crippen molar-refractivity contribution in [2.24, 2.45) is 0 Å². The van der Waals surface area contributed by atoms with E-state index in [2.05, 4.69) is 43.3 Å². The molecule has 0 spiro atoms. The fourth-order valence-electron chi connectivity index (χ4n) is 1.93. The van der Waals surface area contributed by atoms with Gasteiger partial charge in [0.1, 0.15) is 12.4 Å². The summed E-state index contributed by atoms with van der Waals surface area (Å²) in [6.07, 6.45) is 7.63. The van der Waals surface area contributed by atoms with E-state index in [1.54, 1.807) is 0 Å². The maximum atomic E-state index is 5.64. The summed E-state index contributed by atoms with van der Waals surface area (Å²) in [6.45, 7) is 2.94. The van der Waals surface area contributed by atoms with Gasteiger partial charge in [0.05, 0.1) is 0 Å². The Morgan fingerprint density at radius 3 is 2.75 bits per heavy atom. The highest BCUT2D eigenvalue weighted by Crippen LogP contribution is 2.18. The van der Waals surface area contributed by atoms with Gasteiger partial charge in [-0.15, -0.1) is 0 Å². The lowest BCUT2D eigenvalue weighted by atomic mass is 10.0. The lowest BCUT2D eigenvalue weighted by molar-refractivity contribution is 0.235. The molecule has 0 aliphatic carbocycles. The average molecular weight is 214 g/mol. The fraction of sp³-hybridized carbons (Fsp3) is 0.333. The van der Waals surface area contributed by atoms with E-state index in [0.29, 0.717) is 0 Å². The highest BCUT2D eigenvalue weighted by molar-refractivity contribution is 5.28. The molecule has 0 bridgehead atoms. The minimum atomic E-state index is 0.730. The van der Waals surface area contributed by atoms with Crippen LogP contribution in [0.1, 0.15) is 25.3 Å². The zero-order valence-electron chi connectivity index (χ0n) is 9.78. The van der Waals surface area contributed by atoms with Crippen LogP contribution in [0.4, 0.5) is 0 Å². The Kier molecular flexibility index (Phi) is 3.81. The van der Waals surface area contributed by atoms with E-state index in [1.807, 2.05) is 6.07 Å². The van der Waals surface area contributed by atoms with Crippen molar-refractivity contribution in [3.8, 4) is 0 Å². The number of rotatable bonds is 4. The first-order valence-corrected chi connectivity index (χ1v) is 5.95. The van der Waals surface area contributed by atoms with Crippen molar-refractivity contribution in [2.75, 3.05) is 6.61 Å². The van der Waals surface area contributed by atoms with Crippen molar-refractivity contribution in [1.29, 1.82) is 0 Å². The van der Waals surface area contributed by atoms with Crippen LogP contribution >= 0.6 is 0 Å². The van der Waals surface area contributed by atoms with Gasteiger partial charge in [0.15, 0.2) is 0 Å². The molecule has 84 valence electrons. The van der Waals surface area contributed by atoms with Crippen LogP contribution in [-0.2, 0) is 11.2 Å². The van der Waals surface area contributed by atoms with E-state index in [4.69, 9.17) is 4.74 Å². The quantitative estimate of drug-likeness (QED) is 0.739. The lowest BCUT2D eigenvalue weighted by Gasteiger charge is -2.15. The number of allylic oxidation sites excluding steroid dienone is 3. The zero-order chi connectivity index (χ0) is 11.2. The molecule has 0 N–H and O–H groups in total. The summed E-state index contributed by atoms with van der Waals surface area (Å²) >= 11 is 0. The molecule has 1 aromatic carbocycles. The molecule has 1 heteroatoms. The summed E-state index contributed by atoms with van der Waals surface area (Å²) in [4.78, 5) is 0. The summed E-state index contributed by atoms with van der Waals surface area (Å²) in [5.41, 5.74) is 2.73. The maximum absolute atomic E-state index is 5.64. The van der Waals surface area contributed by atoms with Gasteiger partial charge in [0, 0.05) is 6.42 Å². The van der Waals surface area contributed by atoms with E-state index in [-0.39, 0.29) is 0 Å². The molecule has 0 unspecified atom stereocenters. The Bertz CT molecular complexity index is 387. The molecule has 0 aromatic heterocycles. The average Bonchev–Trinajstić information content (AvgIpc) is 2.31. The number of hydrogen-bond acceptors (Lipinski definition) is 1. The highest BCUT2D eigenvalue weighted by atomic mass is 16.5. The van der Waals surface area contributed by atoms with Crippen LogP contribution in [0.25, 0.3) is 0 Å². The van der Waals surface area contributed by atoms with Crippen LogP contribution in [0.3, 0.4) is 0 Å². The normalized spacial score (nSPS) is 15.1. The van der Waals surface area contributed by atoms with Gasteiger partial charge in [-0.25, -0.2) is 0 Å². The molecular weight excluding hydrogens is 196 g/mol. The van der Waals surface area contributed by atoms with Crippen molar-refractivity contribution in [2.45, 2.75) is 26.2 Å². The molecule has 1 aromatic rings. The van der Waals surface area contributed by atoms with Gasteiger partial charge in [-0.3, -0.25) is 0 Å². The van der Waals surface area contributed by atoms with Gasteiger partial charge in [0.2, 0.25) is 0 Å². The minimum absolute atomic E-state index is 0.730. The molecule has 0 radical (unpaired) electrons. The van der Waals surface area contributed by atoms with E-state index in [1.165, 1.54) is 17.6 Å². The van der Waals surface area contributed by atoms with Crippen LogP contribution < -0.4 is 0 Å². The third-order valence-corrected chi connectivity index (χ3v) is 2.72. The van der Waals surface area contributed by atoms with Gasteiger partial charge in [-0.1, -0.05) is 43.7 Å². The summed E-state index contributed by atoms with van der Waals surface area (Å²) in [5, 5.41) is 0. The molecule has 2 rings (SSSR count). The van der Waals surface area contributed by atoms with Crippen LogP contribution in [0, 0.1) is 0 Å². The van der Waals surface area contributed by atoms with Crippen LogP contribution in [-0.4, -0.2) is 6.61 Å². The SMILES string of the molecule is CCCC1=CCOC(Cc2ccccc2)=C1. The second-order valence-electron chi connectivity index (χ2n) is 4.11. The molecule has 16 heavy (non-hydrogen) atoms. The Labute approximate surface area is 97.4 Å². The summed E-state index contributed by atoms with van der Waals surface area (Å²) in [6, 6.07) is 10.5. The van der Waals surface area contributed by atoms with E-state index in [9.17, 15) is 0 Å². The molecule has 0 atom stereocenters. The van der Waals surface area contributed by atoms with Gasteiger partial charge in [0.25, 0.3) is 0 Å². The fourth-order valence-corrected chi connectivity index (χ4v) is 1.93. The number of hydrogen-bond donors (Lipinski definition) is 0. The third-order valence-electron chi connectivity index (χ3n) is 2.72.